The van der Waals surface area contributed by atoms with Crippen molar-refractivity contribution in [1.82, 2.24) is 29.1 Å². The third-order valence-corrected chi connectivity index (χ3v) is 6.13. The molecule has 2 saturated heterocycles. The molecule has 0 bridgehead atoms. The van der Waals surface area contributed by atoms with Crippen LogP contribution in [0.2, 0.25) is 0 Å². The van der Waals surface area contributed by atoms with Gasteiger partial charge < -0.3 is 19.7 Å². The SMILES string of the molecule is [C-]#[N+]c1ccc2ncn(-c3nc(N4CC(O)C4)c4[nH]c(=O)n(C5CCOCC5)c4n3)c2c1. The number of fused-ring (bicyclic) bond motifs is 2. The minimum atomic E-state index is -0.428. The van der Waals surface area contributed by atoms with E-state index in [0.29, 0.717) is 60.4 Å². The van der Waals surface area contributed by atoms with Gasteiger partial charge in [0.15, 0.2) is 17.2 Å². The van der Waals surface area contributed by atoms with Gasteiger partial charge in [0, 0.05) is 32.3 Å². The molecule has 162 valence electrons. The molecular weight excluding hydrogens is 412 g/mol. The first-order valence-corrected chi connectivity index (χ1v) is 10.5. The molecule has 0 radical (unpaired) electrons. The van der Waals surface area contributed by atoms with E-state index in [-0.39, 0.29) is 11.7 Å². The van der Waals surface area contributed by atoms with Gasteiger partial charge in [-0.25, -0.2) is 14.6 Å². The summed E-state index contributed by atoms with van der Waals surface area (Å²) in [5.41, 5.74) is 2.77. The molecule has 0 spiro atoms. The predicted molar refractivity (Wildman–Crippen MR) is 116 cm³/mol. The Balaban J connectivity index is 1.59. The molecule has 0 amide bonds. The molecule has 6 rings (SSSR count). The molecular formula is C21H20N8O3. The van der Waals surface area contributed by atoms with Crippen molar-refractivity contribution in [2.75, 3.05) is 31.2 Å². The van der Waals surface area contributed by atoms with Crippen LogP contribution in [0.4, 0.5) is 11.5 Å². The van der Waals surface area contributed by atoms with Gasteiger partial charge in [0.2, 0.25) is 5.95 Å². The number of β-amino-alcohol motifs (C(OH)–C–C–N with tert-alkyl or cyclic N) is 1. The largest absolute Gasteiger partial charge is 0.389 e. The zero-order chi connectivity index (χ0) is 21.8. The first-order chi connectivity index (χ1) is 15.6. The predicted octanol–water partition coefficient (Wildman–Crippen LogP) is 1.54. The summed E-state index contributed by atoms with van der Waals surface area (Å²) in [5.74, 6) is 0.930. The first-order valence-electron chi connectivity index (χ1n) is 10.5. The van der Waals surface area contributed by atoms with Crippen molar-refractivity contribution in [3.05, 3.63) is 46.4 Å². The quantitative estimate of drug-likeness (QED) is 0.472. The number of nitrogens with one attached hydrogen (secondary N) is 1. The van der Waals surface area contributed by atoms with E-state index >= 15 is 0 Å². The fourth-order valence-corrected chi connectivity index (χ4v) is 4.45. The summed E-state index contributed by atoms with van der Waals surface area (Å²) in [7, 11) is 0. The number of nitrogens with zero attached hydrogens (tertiary/aromatic N) is 7. The van der Waals surface area contributed by atoms with Gasteiger partial charge in [-0.1, -0.05) is 6.07 Å². The van der Waals surface area contributed by atoms with Gasteiger partial charge >= 0.3 is 5.69 Å². The lowest BCUT2D eigenvalue weighted by molar-refractivity contribution is 0.0697. The van der Waals surface area contributed by atoms with Crippen molar-refractivity contribution in [2.24, 2.45) is 0 Å². The summed E-state index contributed by atoms with van der Waals surface area (Å²) in [6.07, 6.45) is 2.65. The van der Waals surface area contributed by atoms with Gasteiger partial charge in [0.25, 0.3) is 0 Å². The number of aromatic nitrogens is 6. The minimum absolute atomic E-state index is 0.0178. The van der Waals surface area contributed by atoms with Crippen LogP contribution >= 0.6 is 0 Å². The van der Waals surface area contributed by atoms with Crippen LogP contribution in [0.1, 0.15) is 18.9 Å². The molecule has 1 aromatic carbocycles. The summed E-state index contributed by atoms with van der Waals surface area (Å²) in [5, 5.41) is 9.85. The monoisotopic (exact) mass is 432 g/mol. The number of H-pyrrole nitrogens is 1. The zero-order valence-electron chi connectivity index (χ0n) is 17.1. The highest BCUT2D eigenvalue weighted by atomic mass is 16.5. The van der Waals surface area contributed by atoms with Crippen LogP contribution < -0.4 is 10.6 Å². The van der Waals surface area contributed by atoms with E-state index in [4.69, 9.17) is 21.3 Å². The highest BCUT2D eigenvalue weighted by molar-refractivity contribution is 5.86. The van der Waals surface area contributed by atoms with Crippen molar-refractivity contribution < 1.29 is 9.84 Å². The molecule has 0 atom stereocenters. The fraction of sp³-hybridized carbons (Fsp3) is 0.381. The Kier molecular flexibility index (Phi) is 4.24. The lowest BCUT2D eigenvalue weighted by Crippen LogP contribution is -2.51. The first kappa shape index (κ1) is 19.0. The molecule has 2 fully saturated rings. The van der Waals surface area contributed by atoms with Crippen molar-refractivity contribution in [1.29, 1.82) is 0 Å². The molecule has 2 aliphatic rings. The zero-order valence-corrected chi connectivity index (χ0v) is 17.1. The summed E-state index contributed by atoms with van der Waals surface area (Å²) in [6, 6.07) is 5.24. The Bertz CT molecular complexity index is 1430. The van der Waals surface area contributed by atoms with Crippen LogP contribution in [0.5, 0.6) is 0 Å². The summed E-state index contributed by atoms with van der Waals surface area (Å²) in [6.45, 7) is 9.38. The highest BCUT2D eigenvalue weighted by Gasteiger charge is 2.31. The Morgan fingerprint density at radius 3 is 2.78 bits per heavy atom. The van der Waals surface area contributed by atoms with Crippen LogP contribution in [0.25, 0.3) is 33.0 Å². The second kappa shape index (κ2) is 7.15. The molecule has 11 heteroatoms. The van der Waals surface area contributed by atoms with Gasteiger partial charge in [-0.05, 0) is 25.0 Å². The second-order valence-corrected chi connectivity index (χ2v) is 8.15. The minimum Gasteiger partial charge on any atom is -0.389 e. The lowest BCUT2D eigenvalue weighted by Gasteiger charge is -2.37. The number of aliphatic hydroxyl groups is 1. The van der Waals surface area contributed by atoms with Crippen LogP contribution in [0.3, 0.4) is 0 Å². The van der Waals surface area contributed by atoms with Crippen LogP contribution in [0, 0.1) is 6.57 Å². The normalized spacial score (nSPS) is 17.7. The average Bonchev–Trinajstić information content (AvgIpc) is 3.36. The van der Waals surface area contributed by atoms with Crippen LogP contribution in [-0.2, 0) is 4.74 Å². The number of imidazole rings is 2. The summed E-state index contributed by atoms with van der Waals surface area (Å²) < 4.78 is 8.90. The Morgan fingerprint density at radius 1 is 1.22 bits per heavy atom. The topological polar surface area (TPSA) is 118 Å². The smallest absolute Gasteiger partial charge is 0.328 e. The van der Waals surface area contributed by atoms with E-state index in [9.17, 15) is 9.90 Å². The van der Waals surface area contributed by atoms with Gasteiger partial charge in [-0.15, -0.1) is 0 Å². The molecule has 32 heavy (non-hydrogen) atoms. The maximum Gasteiger partial charge on any atom is 0.328 e. The standard InChI is InChI=1S/C21H20N8O3/c1-22-12-2-3-15-16(8-12)28(11-23-15)20-25-18(27-9-14(30)10-27)17-19(26-20)29(21(31)24-17)13-4-6-32-7-5-13/h2-3,8,11,13-14,30H,4-7,9-10H2,(H,24,31). The molecule has 5 heterocycles. The average molecular weight is 432 g/mol. The maximum atomic E-state index is 13.0. The van der Waals surface area contributed by atoms with E-state index in [1.54, 1.807) is 33.7 Å². The number of aromatic amines is 1. The number of aliphatic hydroxyl groups excluding tert-OH is 1. The van der Waals surface area contributed by atoms with E-state index in [1.807, 2.05) is 4.90 Å². The highest BCUT2D eigenvalue weighted by Crippen LogP contribution is 2.31. The number of hydrogen-bond donors (Lipinski definition) is 2. The number of ether oxygens (including phenoxy) is 1. The second-order valence-electron chi connectivity index (χ2n) is 8.15. The van der Waals surface area contributed by atoms with Crippen LogP contribution in [-0.4, -0.2) is 66.6 Å². The molecule has 11 nitrogen and oxygen atoms in total. The van der Waals surface area contributed by atoms with Crippen molar-refractivity contribution >= 4 is 33.7 Å². The van der Waals surface area contributed by atoms with Gasteiger partial charge in [0.1, 0.15) is 11.8 Å². The fourth-order valence-electron chi connectivity index (χ4n) is 4.45. The Labute approximate surface area is 181 Å². The lowest BCUT2D eigenvalue weighted by atomic mass is 10.1. The molecule has 2 N–H and O–H groups in total. The van der Waals surface area contributed by atoms with Crippen molar-refractivity contribution in [3.63, 3.8) is 0 Å². The van der Waals surface area contributed by atoms with Gasteiger partial charge in [0.05, 0.1) is 23.7 Å². The van der Waals surface area contributed by atoms with Crippen molar-refractivity contribution in [3.8, 4) is 5.95 Å². The molecule has 0 saturated carbocycles. The van der Waals surface area contributed by atoms with Gasteiger partial charge in [-0.2, -0.15) is 9.97 Å². The Morgan fingerprint density at radius 2 is 2.03 bits per heavy atom. The van der Waals surface area contributed by atoms with E-state index in [0.717, 1.165) is 18.4 Å². The summed E-state index contributed by atoms with van der Waals surface area (Å²) in [4.78, 5) is 35.3. The third kappa shape index (κ3) is 2.88. The molecule has 4 aromatic rings. The summed E-state index contributed by atoms with van der Waals surface area (Å²) >= 11 is 0. The van der Waals surface area contributed by atoms with Crippen LogP contribution in [0.15, 0.2) is 29.3 Å². The number of benzene rings is 1. The number of hydrogen-bond acceptors (Lipinski definition) is 7. The number of rotatable bonds is 3. The third-order valence-electron chi connectivity index (χ3n) is 6.13. The molecule has 0 unspecified atom stereocenters. The van der Waals surface area contributed by atoms with E-state index in [2.05, 4.69) is 14.8 Å². The van der Waals surface area contributed by atoms with Crippen molar-refractivity contribution in [2.45, 2.75) is 25.0 Å². The molecule has 0 aliphatic carbocycles. The molecule has 2 aliphatic heterocycles. The number of anilines is 1. The van der Waals surface area contributed by atoms with E-state index < -0.39 is 6.10 Å². The molecule has 3 aromatic heterocycles. The van der Waals surface area contributed by atoms with Gasteiger partial charge in [-0.3, -0.25) is 9.13 Å². The van der Waals surface area contributed by atoms with E-state index in [1.165, 1.54) is 0 Å². The Hall–Kier alpha value is -3.75. The maximum absolute atomic E-state index is 13.0.